The van der Waals surface area contributed by atoms with Crippen molar-refractivity contribution in [1.29, 1.82) is 0 Å². The fourth-order valence-corrected chi connectivity index (χ4v) is 3.69. The Morgan fingerprint density at radius 1 is 1.11 bits per heavy atom. The first-order valence-corrected chi connectivity index (χ1v) is 11.7. The second-order valence-corrected chi connectivity index (χ2v) is 9.00. The van der Waals surface area contributed by atoms with Crippen molar-refractivity contribution in [2.24, 2.45) is 5.92 Å². The molecule has 0 unspecified atom stereocenters. The standard InChI is InChI=1S/C26H32FN5O4/c1-18(2)15-31(22(33)17-30(3)13-14-36-21-11-9-20(27)10-12-21)23-24(28)32(26(35)29-25(23)34)16-19-7-5-4-6-8-19/h4-12,18H,13-17,28H2,1-3H3,(H,29,34,35). The van der Waals surface area contributed by atoms with Gasteiger partial charge in [-0.3, -0.25) is 24.0 Å². The molecule has 9 nitrogen and oxygen atoms in total. The Balaban J connectivity index is 1.78. The molecule has 0 fully saturated rings. The van der Waals surface area contributed by atoms with Gasteiger partial charge in [-0.05, 0) is 42.8 Å². The van der Waals surface area contributed by atoms with Crippen LogP contribution in [0.3, 0.4) is 0 Å². The SMILES string of the molecule is CC(C)CN(C(=O)CN(C)CCOc1ccc(F)cc1)c1c(N)n(Cc2ccccc2)c(=O)[nH]c1=O. The molecule has 192 valence electrons. The van der Waals surface area contributed by atoms with Gasteiger partial charge in [0.25, 0.3) is 5.56 Å². The molecule has 0 aliphatic rings. The lowest BCUT2D eigenvalue weighted by Gasteiger charge is -2.28. The highest BCUT2D eigenvalue weighted by atomic mass is 19.1. The quantitative estimate of drug-likeness (QED) is 0.420. The fraction of sp³-hybridized carbons (Fsp3) is 0.346. The van der Waals surface area contributed by atoms with Crippen LogP contribution in [-0.2, 0) is 11.3 Å². The number of halogens is 1. The maximum atomic E-state index is 13.3. The zero-order chi connectivity index (χ0) is 26.2. The number of benzene rings is 2. The lowest BCUT2D eigenvalue weighted by molar-refractivity contribution is -0.119. The second-order valence-electron chi connectivity index (χ2n) is 9.00. The number of nitrogen functional groups attached to an aromatic ring is 1. The van der Waals surface area contributed by atoms with E-state index in [2.05, 4.69) is 4.98 Å². The summed E-state index contributed by atoms with van der Waals surface area (Å²) >= 11 is 0. The molecule has 2 aromatic carbocycles. The molecule has 0 bridgehead atoms. The summed E-state index contributed by atoms with van der Waals surface area (Å²) in [5, 5.41) is 0. The molecule has 1 heterocycles. The molecule has 10 heteroatoms. The first kappa shape index (κ1) is 26.7. The number of amides is 1. The smallest absolute Gasteiger partial charge is 0.330 e. The lowest BCUT2D eigenvalue weighted by atomic mass is 10.2. The van der Waals surface area contributed by atoms with Gasteiger partial charge in [-0.25, -0.2) is 9.18 Å². The highest BCUT2D eigenvalue weighted by Crippen LogP contribution is 2.20. The van der Waals surface area contributed by atoms with Gasteiger partial charge in [0.05, 0.1) is 13.1 Å². The van der Waals surface area contributed by atoms with E-state index in [1.165, 1.54) is 33.7 Å². The van der Waals surface area contributed by atoms with E-state index in [1.54, 1.807) is 11.9 Å². The number of aromatic amines is 1. The summed E-state index contributed by atoms with van der Waals surface area (Å²) in [4.78, 5) is 44.1. The van der Waals surface area contributed by atoms with Crippen molar-refractivity contribution >= 4 is 17.4 Å². The summed E-state index contributed by atoms with van der Waals surface area (Å²) in [6.07, 6.45) is 0. The van der Waals surface area contributed by atoms with Gasteiger partial charge in [0.2, 0.25) is 5.91 Å². The van der Waals surface area contributed by atoms with Gasteiger partial charge in [-0.15, -0.1) is 0 Å². The fourth-order valence-electron chi connectivity index (χ4n) is 3.69. The number of nitrogens with zero attached hydrogens (tertiary/aromatic N) is 3. The van der Waals surface area contributed by atoms with Crippen molar-refractivity contribution in [3.63, 3.8) is 0 Å². The highest BCUT2D eigenvalue weighted by Gasteiger charge is 2.25. The number of H-pyrrole nitrogens is 1. The summed E-state index contributed by atoms with van der Waals surface area (Å²) in [6, 6.07) is 14.9. The maximum absolute atomic E-state index is 13.3. The molecule has 0 saturated heterocycles. The summed E-state index contributed by atoms with van der Waals surface area (Å²) in [5.41, 5.74) is 5.75. The van der Waals surface area contributed by atoms with E-state index < -0.39 is 11.2 Å². The molecule has 3 rings (SSSR count). The molecular formula is C26H32FN5O4. The number of likely N-dealkylation sites (N-methyl/N-ethyl adjacent to an activating group) is 1. The maximum Gasteiger partial charge on any atom is 0.330 e. The zero-order valence-corrected chi connectivity index (χ0v) is 20.7. The third kappa shape index (κ3) is 7.05. The topological polar surface area (TPSA) is 114 Å². The largest absolute Gasteiger partial charge is 0.492 e. The van der Waals surface area contributed by atoms with Crippen LogP contribution in [0.2, 0.25) is 0 Å². The molecule has 3 aromatic rings. The minimum Gasteiger partial charge on any atom is -0.492 e. The Labute approximate surface area is 208 Å². The van der Waals surface area contributed by atoms with Crippen LogP contribution in [0.15, 0.2) is 64.2 Å². The van der Waals surface area contributed by atoms with E-state index in [-0.39, 0.29) is 55.4 Å². The van der Waals surface area contributed by atoms with Crippen LogP contribution in [0.1, 0.15) is 19.4 Å². The second kappa shape index (κ2) is 12.2. The number of aromatic nitrogens is 2. The van der Waals surface area contributed by atoms with Crippen molar-refractivity contribution < 1.29 is 13.9 Å². The molecule has 1 amide bonds. The number of anilines is 2. The van der Waals surface area contributed by atoms with Crippen molar-refractivity contribution in [1.82, 2.24) is 14.5 Å². The van der Waals surface area contributed by atoms with Gasteiger partial charge < -0.3 is 15.4 Å². The van der Waals surface area contributed by atoms with Crippen LogP contribution in [0, 0.1) is 11.7 Å². The number of hydrogen-bond acceptors (Lipinski definition) is 6. The van der Waals surface area contributed by atoms with Gasteiger partial charge in [0.1, 0.15) is 24.0 Å². The first-order valence-electron chi connectivity index (χ1n) is 11.7. The van der Waals surface area contributed by atoms with E-state index in [1.807, 2.05) is 44.2 Å². The van der Waals surface area contributed by atoms with Crippen LogP contribution in [0.5, 0.6) is 5.75 Å². The van der Waals surface area contributed by atoms with Gasteiger partial charge >= 0.3 is 5.69 Å². The molecule has 36 heavy (non-hydrogen) atoms. The van der Waals surface area contributed by atoms with Crippen LogP contribution >= 0.6 is 0 Å². The van der Waals surface area contributed by atoms with E-state index in [9.17, 15) is 18.8 Å². The normalized spacial score (nSPS) is 11.2. The van der Waals surface area contributed by atoms with Crippen molar-refractivity contribution in [2.75, 3.05) is 43.9 Å². The van der Waals surface area contributed by atoms with E-state index in [0.29, 0.717) is 12.3 Å². The Morgan fingerprint density at radius 3 is 2.42 bits per heavy atom. The molecule has 3 N–H and O–H groups in total. The summed E-state index contributed by atoms with van der Waals surface area (Å²) in [6.45, 7) is 4.93. The average Bonchev–Trinajstić information content (AvgIpc) is 2.82. The van der Waals surface area contributed by atoms with Crippen molar-refractivity contribution in [3.05, 3.63) is 86.8 Å². The minimum absolute atomic E-state index is 0.00378. The van der Waals surface area contributed by atoms with Gasteiger partial charge in [-0.1, -0.05) is 44.2 Å². The van der Waals surface area contributed by atoms with Crippen LogP contribution in [-0.4, -0.2) is 53.6 Å². The molecule has 1 aromatic heterocycles. The van der Waals surface area contributed by atoms with E-state index in [4.69, 9.17) is 10.5 Å². The number of rotatable bonds is 11. The predicted octanol–water partition coefficient (Wildman–Crippen LogP) is 2.31. The zero-order valence-electron chi connectivity index (χ0n) is 20.7. The first-order chi connectivity index (χ1) is 17.2. The van der Waals surface area contributed by atoms with Crippen LogP contribution in [0.25, 0.3) is 0 Å². The predicted molar refractivity (Wildman–Crippen MR) is 138 cm³/mol. The van der Waals surface area contributed by atoms with Crippen LogP contribution in [0.4, 0.5) is 15.9 Å². The van der Waals surface area contributed by atoms with E-state index >= 15 is 0 Å². The summed E-state index contributed by atoms with van der Waals surface area (Å²) < 4.78 is 19.9. The number of carbonyl (C=O) groups excluding carboxylic acids is 1. The Bertz CT molecular complexity index is 1270. The molecule has 0 spiro atoms. The lowest BCUT2D eigenvalue weighted by Crippen LogP contribution is -2.46. The molecule has 0 saturated carbocycles. The van der Waals surface area contributed by atoms with Crippen LogP contribution < -0.4 is 26.6 Å². The third-order valence-electron chi connectivity index (χ3n) is 5.48. The Hall–Kier alpha value is -3.92. The number of carbonyl (C=O) groups is 1. The van der Waals surface area contributed by atoms with E-state index in [0.717, 1.165) is 5.56 Å². The van der Waals surface area contributed by atoms with Gasteiger partial charge in [0.15, 0.2) is 5.69 Å². The van der Waals surface area contributed by atoms with Crippen molar-refractivity contribution in [2.45, 2.75) is 20.4 Å². The third-order valence-corrected chi connectivity index (χ3v) is 5.48. The number of nitrogens with two attached hydrogens (primary N) is 1. The number of nitrogens with one attached hydrogen (secondary N) is 1. The monoisotopic (exact) mass is 497 g/mol. The molecular weight excluding hydrogens is 465 g/mol. The number of ether oxygens (including phenoxy) is 1. The highest BCUT2D eigenvalue weighted by molar-refractivity contribution is 5.96. The summed E-state index contributed by atoms with van der Waals surface area (Å²) in [5.74, 6) is -0.189. The molecule has 0 atom stereocenters. The summed E-state index contributed by atoms with van der Waals surface area (Å²) in [7, 11) is 1.75. The van der Waals surface area contributed by atoms with Gasteiger partial charge in [-0.2, -0.15) is 0 Å². The van der Waals surface area contributed by atoms with Gasteiger partial charge in [0, 0.05) is 13.1 Å². The molecule has 0 aliphatic carbocycles. The Kier molecular flexibility index (Phi) is 9.02. The average molecular weight is 498 g/mol. The Morgan fingerprint density at radius 2 is 1.78 bits per heavy atom. The molecule has 0 aliphatic heterocycles. The number of hydrogen-bond donors (Lipinski definition) is 2. The molecule has 0 radical (unpaired) electrons. The van der Waals surface area contributed by atoms with Crippen molar-refractivity contribution in [3.8, 4) is 5.75 Å². The minimum atomic E-state index is -0.710.